The third kappa shape index (κ3) is 6.62. The Morgan fingerprint density at radius 2 is 2.00 bits per heavy atom. The zero-order chi connectivity index (χ0) is 9.61. The molecule has 0 saturated carbocycles. The van der Waals surface area contributed by atoms with Crippen LogP contribution in [0.25, 0.3) is 0 Å². The highest BCUT2D eigenvalue weighted by Crippen LogP contribution is 2.12. The SMILES string of the molecule is CCCCC(C)(O)CNC(C)C. The van der Waals surface area contributed by atoms with Gasteiger partial charge in [0.25, 0.3) is 0 Å². The van der Waals surface area contributed by atoms with E-state index in [0.717, 1.165) is 19.3 Å². The molecule has 74 valence electrons. The van der Waals surface area contributed by atoms with Crippen LogP contribution in [0.2, 0.25) is 0 Å². The lowest BCUT2D eigenvalue weighted by Crippen LogP contribution is -2.40. The molecule has 1 atom stereocenters. The van der Waals surface area contributed by atoms with Crippen LogP contribution in [0.5, 0.6) is 0 Å². The van der Waals surface area contributed by atoms with Crippen LogP contribution in [0.15, 0.2) is 0 Å². The Morgan fingerprint density at radius 3 is 2.42 bits per heavy atom. The number of hydrogen-bond acceptors (Lipinski definition) is 2. The van der Waals surface area contributed by atoms with E-state index in [0.29, 0.717) is 12.6 Å². The standard InChI is InChI=1S/C10H23NO/c1-5-6-7-10(4,12)8-11-9(2)3/h9,11-12H,5-8H2,1-4H3. The molecule has 0 aliphatic heterocycles. The van der Waals surface area contributed by atoms with Crippen LogP contribution < -0.4 is 5.32 Å². The van der Waals surface area contributed by atoms with Gasteiger partial charge < -0.3 is 10.4 Å². The summed E-state index contributed by atoms with van der Waals surface area (Å²) in [6.07, 6.45) is 3.15. The summed E-state index contributed by atoms with van der Waals surface area (Å²) in [5.41, 5.74) is -0.527. The second kappa shape index (κ2) is 5.55. The second-order valence-electron chi connectivity index (χ2n) is 4.14. The lowest BCUT2D eigenvalue weighted by molar-refractivity contribution is 0.0467. The van der Waals surface area contributed by atoms with Crippen molar-refractivity contribution >= 4 is 0 Å². The van der Waals surface area contributed by atoms with E-state index in [-0.39, 0.29) is 0 Å². The van der Waals surface area contributed by atoms with E-state index in [1.54, 1.807) is 0 Å². The fourth-order valence-corrected chi connectivity index (χ4v) is 1.07. The van der Waals surface area contributed by atoms with E-state index in [4.69, 9.17) is 0 Å². The molecule has 0 aliphatic carbocycles. The third-order valence-corrected chi connectivity index (χ3v) is 1.96. The summed E-state index contributed by atoms with van der Waals surface area (Å²) < 4.78 is 0. The summed E-state index contributed by atoms with van der Waals surface area (Å²) in [4.78, 5) is 0. The van der Waals surface area contributed by atoms with Crippen LogP contribution in [0, 0.1) is 0 Å². The minimum Gasteiger partial charge on any atom is -0.389 e. The van der Waals surface area contributed by atoms with Gasteiger partial charge in [-0.2, -0.15) is 0 Å². The largest absolute Gasteiger partial charge is 0.389 e. The highest BCUT2D eigenvalue weighted by Gasteiger charge is 2.18. The molecule has 0 aromatic heterocycles. The lowest BCUT2D eigenvalue weighted by atomic mass is 9.99. The van der Waals surface area contributed by atoms with Gasteiger partial charge in [-0.15, -0.1) is 0 Å². The highest BCUT2D eigenvalue weighted by atomic mass is 16.3. The van der Waals surface area contributed by atoms with Gasteiger partial charge >= 0.3 is 0 Å². The third-order valence-electron chi connectivity index (χ3n) is 1.96. The fraction of sp³-hybridized carbons (Fsp3) is 1.00. The van der Waals surface area contributed by atoms with E-state index in [2.05, 4.69) is 26.1 Å². The molecule has 0 amide bonds. The van der Waals surface area contributed by atoms with Crippen molar-refractivity contribution < 1.29 is 5.11 Å². The first-order valence-corrected chi connectivity index (χ1v) is 4.93. The molecule has 0 aromatic rings. The Kier molecular flexibility index (Phi) is 5.51. The van der Waals surface area contributed by atoms with Crippen molar-refractivity contribution in [1.82, 2.24) is 5.32 Å². The lowest BCUT2D eigenvalue weighted by Gasteiger charge is -2.24. The number of nitrogens with one attached hydrogen (secondary N) is 1. The first-order valence-electron chi connectivity index (χ1n) is 4.93. The zero-order valence-corrected chi connectivity index (χ0v) is 8.85. The average Bonchev–Trinajstić information content (AvgIpc) is 1.98. The molecule has 12 heavy (non-hydrogen) atoms. The van der Waals surface area contributed by atoms with Gasteiger partial charge in [0.15, 0.2) is 0 Å². The molecule has 0 bridgehead atoms. The Balaban J connectivity index is 3.56. The summed E-state index contributed by atoms with van der Waals surface area (Å²) in [5, 5.41) is 13.1. The Morgan fingerprint density at radius 1 is 1.42 bits per heavy atom. The van der Waals surface area contributed by atoms with E-state index >= 15 is 0 Å². The van der Waals surface area contributed by atoms with Crippen LogP contribution in [0.3, 0.4) is 0 Å². The number of aliphatic hydroxyl groups is 1. The molecule has 0 radical (unpaired) electrons. The van der Waals surface area contributed by atoms with Crippen molar-refractivity contribution in [2.45, 2.75) is 58.6 Å². The van der Waals surface area contributed by atoms with Crippen molar-refractivity contribution in [2.24, 2.45) is 0 Å². The normalized spacial score (nSPS) is 16.5. The Bertz CT molecular complexity index is 110. The number of rotatable bonds is 6. The molecule has 2 heteroatoms. The maximum absolute atomic E-state index is 9.83. The van der Waals surface area contributed by atoms with Gasteiger partial charge in [-0.25, -0.2) is 0 Å². The summed E-state index contributed by atoms with van der Waals surface area (Å²) >= 11 is 0. The molecule has 0 rings (SSSR count). The Hall–Kier alpha value is -0.0800. The second-order valence-corrected chi connectivity index (χ2v) is 4.14. The molecule has 2 nitrogen and oxygen atoms in total. The monoisotopic (exact) mass is 173 g/mol. The number of unbranched alkanes of at least 4 members (excludes halogenated alkanes) is 1. The molecule has 0 aliphatic rings. The van der Waals surface area contributed by atoms with Gasteiger partial charge in [0.1, 0.15) is 0 Å². The van der Waals surface area contributed by atoms with Gasteiger partial charge in [-0.1, -0.05) is 33.6 Å². The maximum atomic E-state index is 9.83. The van der Waals surface area contributed by atoms with Crippen molar-refractivity contribution in [3.05, 3.63) is 0 Å². The molecular formula is C10H23NO. The van der Waals surface area contributed by atoms with Gasteiger partial charge in [-0.3, -0.25) is 0 Å². The quantitative estimate of drug-likeness (QED) is 0.643. The van der Waals surface area contributed by atoms with Gasteiger partial charge in [0, 0.05) is 12.6 Å². The molecule has 2 N–H and O–H groups in total. The van der Waals surface area contributed by atoms with Crippen molar-refractivity contribution in [2.75, 3.05) is 6.54 Å². The predicted octanol–water partition coefficient (Wildman–Crippen LogP) is 1.93. The van der Waals surface area contributed by atoms with Gasteiger partial charge in [0.05, 0.1) is 5.60 Å². The molecule has 0 heterocycles. The van der Waals surface area contributed by atoms with Crippen LogP contribution in [-0.4, -0.2) is 23.3 Å². The van der Waals surface area contributed by atoms with E-state index in [1.807, 2.05) is 6.92 Å². The molecule has 0 aromatic carbocycles. The predicted molar refractivity (Wildman–Crippen MR) is 53.3 cm³/mol. The fourth-order valence-electron chi connectivity index (χ4n) is 1.07. The molecule has 0 spiro atoms. The average molecular weight is 173 g/mol. The summed E-state index contributed by atoms with van der Waals surface area (Å²) in [6.45, 7) is 8.93. The van der Waals surface area contributed by atoms with Crippen molar-refractivity contribution in [1.29, 1.82) is 0 Å². The van der Waals surface area contributed by atoms with Crippen LogP contribution >= 0.6 is 0 Å². The van der Waals surface area contributed by atoms with Gasteiger partial charge in [0.2, 0.25) is 0 Å². The van der Waals surface area contributed by atoms with Crippen molar-refractivity contribution in [3.8, 4) is 0 Å². The van der Waals surface area contributed by atoms with Crippen LogP contribution in [0.1, 0.15) is 47.0 Å². The number of hydrogen-bond donors (Lipinski definition) is 2. The Labute approximate surface area is 76.4 Å². The van der Waals surface area contributed by atoms with Gasteiger partial charge in [-0.05, 0) is 13.3 Å². The topological polar surface area (TPSA) is 32.3 Å². The molecular weight excluding hydrogens is 150 g/mol. The molecule has 0 fully saturated rings. The maximum Gasteiger partial charge on any atom is 0.0743 e. The van der Waals surface area contributed by atoms with Crippen molar-refractivity contribution in [3.63, 3.8) is 0 Å². The minimum absolute atomic E-state index is 0.457. The highest BCUT2D eigenvalue weighted by molar-refractivity contribution is 4.75. The molecule has 1 unspecified atom stereocenters. The molecule has 0 saturated heterocycles. The summed E-state index contributed by atoms with van der Waals surface area (Å²) in [7, 11) is 0. The van der Waals surface area contributed by atoms with Crippen LogP contribution in [0.4, 0.5) is 0 Å². The first-order chi connectivity index (χ1) is 5.48. The summed E-state index contributed by atoms with van der Waals surface area (Å²) in [6, 6.07) is 0.457. The van der Waals surface area contributed by atoms with Crippen LogP contribution in [-0.2, 0) is 0 Å². The smallest absolute Gasteiger partial charge is 0.0743 e. The zero-order valence-electron chi connectivity index (χ0n) is 8.85. The summed E-state index contributed by atoms with van der Waals surface area (Å²) in [5.74, 6) is 0. The van der Waals surface area contributed by atoms with E-state index in [1.165, 1.54) is 0 Å². The first kappa shape index (κ1) is 11.9. The minimum atomic E-state index is -0.527. The van der Waals surface area contributed by atoms with E-state index < -0.39 is 5.60 Å². The van der Waals surface area contributed by atoms with E-state index in [9.17, 15) is 5.11 Å².